The standard InChI is InChI=1S/C10H22N2O2S/c1-3-15(13,14)8-4-6-12-7-5-11-10(2)9-12/h10-11H,3-9H2,1-2H3/t10-/m0/s1. The molecule has 5 heteroatoms. The van der Waals surface area contributed by atoms with Crippen molar-refractivity contribution in [2.75, 3.05) is 37.7 Å². The smallest absolute Gasteiger partial charge is 0.150 e. The molecule has 0 unspecified atom stereocenters. The molecule has 0 aromatic rings. The van der Waals surface area contributed by atoms with Crippen molar-refractivity contribution in [1.82, 2.24) is 10.2 Å². The molecule has 0 aliphatic carbocycles. The Kier molecular flexibility index (Phi) is 5.02. The van der Waals surface area contributed by atoms with E-state index in [1.54, 1.807) is 6.92 Å². The summed E-state index contributed by atoms with van der Waals surface area (Å²) >= 11 is 0. The summed E-state index contributed by atoms with van der Waals surface area (Å²) < 4.78 is 22.5. The van der Waals surface area contributed by atoms with Crippen LogP contribution in [0.4, 0.5) is 0 Å². The van der Waals surface area contributed by atoms with Gasteiger partial charge >= 0.3 is 0 Å². The van der Waals surface area contributed by atoms with Gasteiger partial charge in [-0.25, -0.2) is 8.42 Å². The highest BCUT2D eigenvalue weighted by atomic mass is 32.2. The van der Waals surface area contributed by atoms with Crippen LogP contribution in [-0.4, -0.2) is 57.0 Å². The Morgan fingerprint density at radius 3 is 2.80 bits per heavy atom. The van der Waals surface area contributed by atoms with E-state index in [4.69, 9.17) is 0 Å². The van der Waals surface area contributed by atoms with Gasteiger partial charge in [0.2, 0.25) is 0 Å². The molecular weight excluding hydrogens is 212 g/mol. The van der Waals surface area contributed by atoms with E-state index < -0.39 is 9.84 Å². The molecule has 90 valence electrons. The van der Waals surface area contributed by atoms with E-state index in [0.29, 0.717) is 11.8 Å². The highest BCUT2D eigenvalue weighted by Crippen LogP contribution is 2.01. The fraction of sp³-hybridized carbons (Fsp3) is 1.00. The second-order valence-electron chi connectivity index (χ2n) is 4.25. The van der Waals surface area contributed by atoms with Crippen LogP contribution in [0.2, 0.25) is 0 Å². The zero-order valence-corrected chi connectivity index (χ0v) is 10.5. The second kappa shape index (κ2) is 5.82. The lowest BCUT2D eigenvalue weighted by Crippen LogP contribution is -2.49. The van der Waals surface area contributed by atoms with Crippen LogP contribution < -0.4 is 5.32 Å². The quantitative estimate of drug-likeness (QED) is 0.733. The molecule has 1 atom stereocenters. The van der Waals surface area contributed by atoms with Crippen LogP contribution in [0.1, 0.15) is 20.3 Å². The number of hydrogen-bond donors (Lipinski definition) is 1. The van der Waals surface area contributed by atoms with E-state index >= 15 is 0 Å². The Bertz CT molecular complexity index is 277. The lowest BCUT2D eigenvalue weighted by Gasteiger charge is -2.31. The minimum Gasteiger partial charge on any atom is -0.312 e. The molecule has 0 saturated carbocycles. The van der Waals surface area contributed by atoms with Crippen LogP contribution in [0.15, 0.2) is 0 Å². The van der Waals surface area contributed by atoms with Crippen LogP contribution in [-0.2, 0) is 9.84 Å². The van der Waals surface area contributed by atoms with Crippen LogP contribution in [0.3, 0.4) is 0 Å². The summed E-state index contributed by atoms with van der Waals surface area (Å²) in [6, 6.07) is 0.529. The van der Waals surface area contributed by atoms with Crippen LogP contribution in [0.5, 0.6) is 0 Å². The minimum atomic E-state index is -2.78. The Morgan fingerprint density at radius 1 is 1.47 bits per heavy atom. The zero-order valence-electron chi connectivity index (χ0n) is 9.70. The molecule has 0 spiro atoms. The summed E-state index contributed by atoms with van der Waals surface area (Å²) in [6.07, 6.45) is 0.767. The largest absolute Gasteiger partial charge is 0.312 e. The van der Waals surface area contributed by atoms with Crippen molar-refractivity contribution < 1.29 is 8.42 Å². The second-order valence-corrected chi connectivity index (χ2v) is 6.72. The number of hydrogen-bond acceptors (Lipinski definition) is 4. The summed E-state index contributed by atoms with van der Waals surface area (Å²) in [4.78, 5) is 2.34. The van der Waals surface area contributed by atoms with Gasteiger partial charge in [0, 0.05) is 31.4 Å². The van der Waals surface area contributed by atoms with Crippen molar-refractivity contribution in [2.45, 2.75) is 26.3 Å². The molecule has 15 heavy (non-hydrogen) atoms. The van der Waals surface area contributed by atoms with E-state index in [1.165, 1.54) is 0 Å². The topological polar surface area (TPSA) is 49.4 Å². The third-order valence-corrected chi connectivity index (χ3v) is 4.61. The van der Waals surface area contributed by atoms with Gasteiger partial charge in [-0.05, 0) is 19.9 Å². The van der Waals surface area contributed by atoms with Crippen molar-refractivity contribution in [3.8, 4) is 0 Å². The summed E-state index contributed by atoms with van der Waals surface area (Å²) in [7, 11) is -2.78. The number of sulfone groups is 1. The Labute approximate surface area is 93.0 Å². The highest BCUT2D eigenvalue weighted by molar-refractivity contribution is 7.91. The van der Waals surface area contributed by atoms with Crippen molar-refractivity contribution >= 4 is 9.84 Å². The molecule has 0 aromatic heterocycles. The first-order valence-electron chi connectivity index (χ1n) is 5.69. The molecule has 4 nitrogen and oxygen atoms in total. The maximum absolute atomic E-state index is 11.3. The number of piperazine rings is 1. The van der Waals surface area contributed by atoms with E-state index in [9.17, 15) is 8.42 Å². The SMILES string of the molecule is CCS(=O)(=O)CCCN1CCN[C@@H](C)C1. The zero-order chi connectivity index (χ0) is 11.3. The molecule has 0 radical (unpaired) electrons. The molecule has 0 bridgehead atoms. The van der Waals surface area contributed by atoms with Crippen molar-refractivity contribution in [3.63, 3.8) is 0 Å². The van der Waals surface area contributed by atoms with Gasteiger partial charge in [-0.3, -0.25) is 0 Å². The average molecular weight is 234 g/mol. The first-order chi connectivity index (χ1) is 7.03. The third-order valence-electron chi connectivity index (χ3n) is 2.82. The van der Waals surface area contributed by atoms with Crippen molar-refractivity contribution in [1.29, 1.82) is 0 Å². The molecule has 1 saturated heterocycles. The molecule has 1 fully saturated rings. The maximum Gasteiger partial charge on any atom is 0.150 e. The molecule has 1 rings (SSSR count). The van der Waals surface area contributed by atoms with Gasteiger partial charge in [-0.1, -0.05) is 6.92 Å². The molecule has 1 aliphatic heterocycles. The first kappa shape index (κ1) is 12.9. The van der Waals surface area contributed by atoms with Crippen molar-refractivity contribution in [3.05, 3.63) is 0 Å². The minimum absolute atomic E-state index is 0.269. The average Bonchev–Trinajstić information content (AvgIpc) is 2.18. The number of nitrogens with zero attached hydrogens (tertiary/aromatic N) is 1. The lowest BCUT2D eigenvalue weighted by molar-refractivity contribution is 0.208. The molecular formula is C10H22N2O2S. The number of nitrogens with one attached hydrogen (secondary N) is 1. The highest BCUT2D eigenvalue weighted by Gasteiger charge is 2.15. The van der Waals surface area contributed by atoms with E-state index in [2.05, 4.69) is 17.1 Å². The lowest BCUT2D eigenvalue weighted by atomic mass is 10.2. The Hall–Kier alpha value is -0.130. The van der Waals surface area contributed by atoms with Crippen LogP contribution in [0, 0.1) is 0 Å². The summed E-state index contributed by atoms with van der Waals surface area (Å²) in [5.41, 5.74) is 0. The molecule has 1 N–H and O–H groups in total. The van der Waals surface area contributed by atoms with E-state index in [0.717, 1.165) is 32.6 Å². The fourth-order valence-corrected chi connectivity index (χ4v) is 2.73. The predicted octanol–water partition coefficient (Wildman–Crippen LogP) is 0.105. The third kappa shape index (κ3) is 4.95. The van der Waals surface area contributed by atoms with Crippen LogP contribution >= 0.6 is 0 Å². The van der Waals surface area contributed by atoms with Gasteiger partial charge in [0.1, 0.15) is 9.84 Å². The Balaban J connectivity index is 2.20. The van der Waals surface area contributed by atoms with Gasteiger partial charge < -0.3 is 10.2 Å². The maximum atomic E-state index is 11.3. The molecule has 1 heterocycles. The van der Waals surface area contributed by atoms with Gasteiger partial charge in [-0.2, -0.15) is 0 Å². The first-order valence-corrected chi connectivity index (χ1v) is 7.52. The predicted molar refractivity (Wildman–Crippen MR) is 62.8 cm³/mol. The summed E-state index contributed by atoms with van der Waals surface area (Å²) in [6.45, 7) is 7.87. The van der Waals surface area contributed by atoms with Gasteiger partial charge in [0.05, 0.1) is 5.75 Å². The van der Waals surface area contributed by atoms with Crippen molar-refractivity contribution in [2.24, 2.45) is 0 Å². The monoisotopic (exact) mass is 234 g/mol. The Morgan fingerprint density at radius 2 is 2.20 bits per heavy atom. The van der Waals surface area contributed by atoms with Gasteiger partial charge in [0.25, 0.3) is 0 Å². The molecule has 0 amide bonds. The summed E-state index contributed by atoms with van der Waals surface area (Å²) in [5, 5.41) is 3.37. The normalized spacial score (nSPS) is 24.3. The number of rotatable bonds is 5. The van der Waals surface area contributed by atoms with Gasteiger partial charge in [0.15, 0.2) is 0 Å². The van der Waals surface area contributed by atoms with E-state index in [-0.39, 0.29) is 5.75 Å². The van der Waals surface area contributed by atoms with Crippen LogP contribution in [0.25, 0.3) is 0 Å². The molecule has 1 aliphatic rings. The van der Waals surface area contributed by atoms with Gasteiger partial charge in [-0.15, -0.1) is 0 Å². The molecule has 0 aromatic carbocycles. The fourth-order valence-electron chi connectivity index (χ4n) is 1.87. The van der Waals surface area contributed by atoms with E-state index in [1.807, 2.05) is 0 Å². The summed E-state index contributed by atoms with van der Waals surface area (Å²) in [5.74, 6) is 0.604.